The zero-order valence-electron chi connectivity index (χ0n) is 12.0. The molecule has 0 spiro atoms. The van der Waals surface area contributed by atoms with Crippen molar-refractivity contribution in [3.8, 4) is 5.75 Å². The molecule has 1 aromatic heterocycles. The first-order valence-corrected chi connectivity index (χ1v) is 8.69. The molecule has 4 rings (SSSR count). The second-order valence-corrected chi connectivity index (χ2v) is 7.36. The van der Waals surface area contributed by atoms with E-state index in [0.29, 0.717) is 0 Å². The van der Waals surface area contributed by atoms with E-state index in [1.165, 1.54) is 40.8 Å². The number of rotatable bonds is 3. The number of halogens is 1. The zero-order valence-corrected chi connectivity index (χ0v) is 13.6. The topological polar surface area (TPSA) is 21.3 Å². The Kier molecular flexibility index (Phi) is 3.44. The Morgan fingerprint density at radius 2 is 2.10 bits per heavy atom. The minimum absolute atomic E-state index is 0.172. The van der Waals surface area contributed by atoms with Gasteiger partial charge in [-0.15, -0.1) is 11.3 Å². The van der Waals surface area contributed by atoms with Gasteiger partial charge < -0.3 is 10.1 Å². The van der Waals surface area contributed by atoms with Crippen molar-refractivity contribution < 1.29 is 4.74 Å². The van der Waals surface area contributed by atoms with Crippen molar-refractivity contribution in [2.75, 3.05) is 13.7 Å². The summed E-state index contributed by atoms with van der Waals surface area (Å²) < 4.78 is 5.87. The Hall–Kier alpha value is -1.03. The molecule has 1 N–H and O–H groups in total. The highest BCUT2D eigenvalue weighted by Crippen LogP contribution is 2.42. The van der Waals surface area contributed by atoms with E-state index in [0.717, 1.165) is 23.8 Å². The number of aryl methyl sites for hydroxylation is 2. The largest absolute Gasteiger partial charge is 0.493 e. The van der Waals surface area contributed by atoms with E-state index in [9.17, 15) is 0 Å². The number of hydrogen-bond acceptors (Lipinski definition) is 3. The highest BCUT2D eigenvalue weighted by molar-refractivity contribution is 7.12. The van der Waals surface area contributed by atoms with Crippen LogP contribution in [0.5, 0.6) is 5.75 Å². The van der Waals surface area contributed by atoms with Gasteiger partial charge >= 0.3 is 0 Å². The average Bonchev–Trinajstić information content (AvgIpc) is 3.13. The van der Waals surface area contributed by atoms with Gasteiger partial charge in [0.15, 0.2) is 0 Å². The molecule has 2 aliphatic rings. The van der Waals surface area contributed by atoms with Crippen LogP contribution >= 0.6 is 22.9 Å². The lowest BCUT2D eigenvalue weighted by molar-refractivity contribution is 0.351. The zero-order chi connectivity index (χ0) is 14.4. The molecule has 1 aliphatic heterocycles. The van der Waals surface area contributed by atoms with Gasteiger partial charge in [-0.25, -0.2) is 0 Å². The maximum absolute atomic E-state index is 6.31. The van der Waals surface area contributed by atoms with Crippen molar-refractivity contribution >= 4 is 22.9 Å². The van der Waals surface area contributed by atoms with Gasteiger partial charge in [0.05, 0.1) is 12.6 Å². The maximum atomic E-state index is 6.31. The molecule has 0 saturated carbocycles. The lowest BCUT2D eigenvalue weighted by Crippen LogP contribution is -2.17. The van der Waals surface area contributed by atoms with Gasteiger partial charge in [-0.1, -0.05) is 11.6 Å². The van der Waals surface area contributed by atoms with E-state index in [4.69, 9.17) is 16.3 Å². The smallest absolute Gasteiger partial charge is 0.127 e. The molecule has 1 unspecified atom stereocenters. The third kappa shape index (κ3) is 2.28. The molecule has 4 heteroatoms. The van der Waals surface area contributed by atoms with Crippen LogP contribution in [-0.4, -0.2) is 13.7 Å². The van der Waals surface area contributed by atoms with Gasteiger partial charge in [0, 0.05) is 26.8 Å². The first kappa shape index (κ1) is 13.6. The van der Waals surface area contributed by atoms with Gasteiger partial charge in [0.1, 0.15) is 5.75 Å². The number of ether oxygens (including phenoxy) is 1. The molecule has 2 nitrogen and oxygen atoms in total. The lowest BCUT2D eigenvalue weighted by atomic mass is 10.00. The molecule has 2 aromatic rings. The van der Waals surface area contributed by atoms with Crippen LogP contribution in [0.1, 0.15) is 38.9 Å². The Bertz CT molecular complexity index is 673. The molecule has 0 fully saturated rings. The highest BCUT2D eigenvalue weighted by atomic mass is 35.5. The molecular formula is C17H18ClNOS. The lowest BCUT2D eigenvalue weighted by Gasteiger charge is -2.18. The number of fused-ring (bicyclic) bond motifs is 2. The van der Waals surface area contributed by atoms with Gasteiger partial charge in [-0.2, -0.15) is 0 Å². The van der Waals surface area contributed by atoms with Crippen molar-refractivity contribution in [3.63, 3.8) is 0 Å². The Morgan fingerprint density at radius 3 is 2.90 bits per heavy atom. The Morgan fingerprint density at radius 1 is 1.19 bits per heavy atom. The van der Waals surface area contributed by atoms with Crippen LogP contribution in [0.4, 0.5) is 0 Å². The molecule has 21 heavy (non-hydrogen) atoms. The fourth-order valence-corrected chi connectivity index (χ4v) is 5.09. The summed E-state index contributed by atoms with van der Waals surface area (Å²) in [5.41, 5.74) is 3.95. The molecule has 0 radical (unpaired) electrons. The molecule has 110 valence electrons. The summed E-state index contributed by atoms with van der Waals surface area (Å²) in [6.07, 6.45) is 4.73. The van der Waals surface area contributed by atoms with Crippen molar-refractivity contribution in [3.05, 3.63) is 49.7 Å². The molecular weight excluding hydrogens is 302 g/mol. The summed E-state index contributed by atoms with van der Waals surface area (Å²) >= 11 is 8.25. The standard InChI is InChI=1S/C17H18ClNOS/c1-19-16(15-8-10-3-2-4-14(10)21-15)13-9-12(18)7-11-5-6-20-17(11)13/h7-9,16,19H,2-6H2,1H3. The maximum Gasteiger partial charge on any atom is 0.127 e. The summed E-state index contributed by atoms with van der Waals surface area (Å²) in [6, 6.07) is 6.63. The third-order valence-electron chi connectivity index (χ3n) is 4.43. The second-order valence-electron chi connectivity index (χ2n) is 5.75. The molecule has 1 aromatic carbocycles. The minimum atomic E-state index is 0.172. The fraction of sp³-hybridized carbons (Fsp3) is 0.412. The first-order valence-electron chi connectivity index (χ1n) is 7.50. The summed E-state index contributed by atoms with van der Waals surface area (Å²) in [4.78, 5) is 2.94. The van der Waals surface area contributed by atoms with Crippen molar-refractivity contribution in [2.24, 2.45) is 0 Å². The normalized spacial score (nSPS) is 17.4. The van der Waals surface area contributed by atoms with Gasteiger partial charge in [0.25, 0.3) is 0 Å². The number of benzene rings is 1. The van der Waals surface area contributed by atoms with Crippen LogP contribution in [0, 0.1) is 0 Å². The molecule has 0 saturated heterocycles. The van der Waals surface area contributed by atoms with Crippen LogP contribution in [0.25, 0.3) is 0 Å². The van der Waals surface area contributed by atoms with E-state index >= 15 is 0 Å². The first-order chi connectivity index (χ1) is 10.3. The van der Waals surface area contributed by atoms with Crippen LogP contribution < -0.4 is 10.1 Å². The van der Waals surface area contributed by atoms with E-state index in [1.807, 2.05) is 24.5 Å². The Labute approximate surface area is 134 Å². The monoisotopic (exact) mass is 319 g/mol. The van der Waals surface area contributed by atoms with Crippen molar-refractivity contribution in [1.29, 1.82) is 0 Å². The quantitative estimate of drug-likeness (QED) is 0.918. The van der Waals surface area contributed by atoms with E-state index in [2.05, 4.69) is 17.4 Å². The SMILES string of the molecule is CNC(c1cc2c(s1)CCC2)c1cc(Cl)cc2c1OCC2. The highest BCUT2D eigenvalue weighted by Gasteiger charge is 2.26. The second kappa shape index (κ2) is 5.31. The van der Waals surface area contributed by atoms with Crippen molar-refractivity contribution in [1.82, 2.24) is 5.32 Å². The van der Waals surface area contributed by atoms with Gasteiger partial charge in [-0.3, -0.25) is 0 Å². The van der Waals surface area contributed by atoms with Gasteiger partial charge in [0.2, 0.25) is 0 Å². The molecule has 0 bridgehead atoms. The molecule has 2 heterocycles. The summed E-state index contributed by atoms with van der Waals surface area (Å²) in [5, 5.41) is 4.26. The number of nitrogens with one attached hydrogen (secondary N) is 1. The average molecular weight is 320 g/mol. The van der Waals surface area contributed by atoms with Crippen molar-refractivity contribution in [2.45, 2.75) is 31.7 Å². The van der Waals surface area contributed by atoms with Gasteiger partial charge in [-0.05, 0) is 55.6 Å². The predicted octanol–water partition coefficient (Wildman–Crippen LogP) is 4.13. The summed E-state index contributed by atoms with van der Waals surface area (Å²) in [7, 11) is 2.01. The molecule has 1 atom stereocenters. The van der Waals surface area contributed by atoms with Crippen LogP contribution in [0.3, 0.4) is 0 Å². The minimum Gasteiger partial charge on any atom is -0.493 e. The fourth-order valence-electron chi connectivity index (χ4n) is 3.46. The van der Waals surface area contributed by atoms with Crippen LogP contribution in [0.15, 0.2) is 18.2 Å². The van der Waals surface area contributed by atoms with Crippen LogP contribution in [-0.2, 0) is 19.3 Å². The molecule has 1 aliphatic carbocycles. The van der Waals surface area contributed by atoms with E-state index in [-0.39, 0.29) is 6.04 Å². The van der Waals surface area contributed by atoms with E-state index in [1.54, 1.807) is 4.88 Å². The van der Waals surface area contributed by atoms with Crippen LogP contribution in [0.2, 0.25) is 5.02 Å². The Balaban J connectivity index is 1.79. The third-order valence-corrected chi connectivity index (χ3v) is 5.95. The van der Waals surface area contributed by atoms with E-state index < -0.39 is 0 Å². The molecule has 0 amide bonds. The summed E-state index contributed by atoms with van der Waals surface area (Å²) in [6.45, 7) is 0.764. The summed E-state index contributed by atoms with van der Waals surface area (Å²) in [5.74, 6) is 1.03. The number of hydrogen-bond donors (Lipinski definition) is 1. The number of thiophene rings is 1. The predicted molar refractivity (Wildman–Crippen MR) is 87.9 cm³/mol.